The summed E-state index contributed by atoms with van der Waals surface area (Å²) in [5, 5.41) is 0. The number of halogens is 1. The van der Waals surface area contributed by atoms with Gasteiger partial charge in [-0.05, 0) is 30.2 Å². The Labute approximate surface area is 92.9 Å². The monoisotopic (exact) mass is 226 g/mol. The Bertz CT molecular complexity index is 413. The minimum atomic E-state index is -0.370. The Morgan fingerprint density at radius 3 is 2.47 bits per heavy atom. The van der Waals surface area contributed by atoms with Crippen LogP contribution in [0, 0.1) is 6.92 Å². The van der Waals surface area contributed by atoms with Crippen LogP contribution < -0.4 is 9.47 Å². The van der Waals surface area contributed by atoms with Crippen LogP contribution in [0.25, 0.3) is 0 Å². The topological polar surface area (TPSA) is 27.7 Å². The molecule has 0 saturated carbocycles. The Morgan fingerprint density at radius 1 is 1.20 bits per heavy atom. The van der Waals surface area contributed by atoms with Crippen molar-refractivity contribution in [2.75, 3.05) is 20.0 Å². The highest BCUT2D eigenvalue weighted by molar-refractivity contribution is 6.25. The molecule has 2 heterocycles. The number of fused-ring (bicyclic) bond motifs is 1. The van der Waals surface area contributed by atoms with Crippen LogP contribution in [0.3, 0.4) is 0 Å². The molecule has 0 unspecified atom stereocenters. The maximum Gasteiger partial charge on any atom is 0.231 e. The van der Waals surface area contributed by atoms with Gasteiger partial charge in [0, 0.05) is 0 Å². The zero-order valence-electron chi connectivity index (χ0n) is 8.38. The van der Waals surface area contributed by atoms with E-state index < -0.39 is 0 Å². The highest BCUT2D eigenvalue weighted by atomic mass is 35.5. The molecule has 0 radical (unpaired) electrons. The fourth-order valence-electron chi connectivity index (χ4n) is 1.96. The van der Waals surface area contributed by atoms with Crippen molar-refractivity contribution >= 4 is 11.6 Å². The second-order valence-corrected chi connectivity index (χ2v) is 4.70. The SMILES string of the molecule is Cc1cc2c(cc1C1(Cl)COC1)OCO2. The van der Waals surface area contributed by atoms with Gasteiger partial charge < -0.3 is 14.2 Å². The molecule has 0 N–H and O–H groups in total. The summed E-state index contributed by atoms with van der Waals surface area (Å²) in [5.74, 6) is 1.58. The van der Waals surface area contributed by atoms with E-state index in [0.29, 0.717) is 20.0 Å². The molecule has 1 fully saturated rings. The van der Waals surface area contributed by atoms with Gasteiger partial charge in [0.2, 0.25) is 6.79 Å². The van der Waals surface area contributed by atoms with Crippen LogP contribution in [0.5, 0.6) is 11.5 Å². The normalized spacial score (nSPS) is 21.2. The fourth-order valence-corrected chi connectivity index (χ4v) is 2.32. The molecule has 15 heavy (non-hydrogen) atoms. The number of rotatable bonds is 1. The maximum atomic E-state index is 6.42. The zero-order chi connectivity index (χ0) is 10.5. The number of alkyl halides is 1. The van der Waals surface area contributed by atoms with Crippen molar-refractivity contribution in [3.8, 4) is 11.5 Å². The van der Waals surface area contributed by atoms with E-state index in [1.54, 1.807) is 0 Å². The lowest BCUT2D eigenvalue weighted by molar-refractivity contribution is -0.0155. The van der Waals surface area contributed by atoms with E-state index in [9.17, 15) is 0 Å². The van der Waals surface area contributed by atoms with Crippen LogP contribution in [0.4, 0.5) is 0 Å². The molecular weight excluding hydrogens is 216 g/mol. The summed E-state index contributed by atoms with van der Waals surface area (Å²) in [6.45, 7) is 3.45. The van der Waals surface area contributed by atoms with Crippen molar-refractivity contribution in [3.63, 3.8) is 0 Å². The van der Waals surface area contributed by atoms with E-state index in [-0.39, 0.29) is 4.87 Å². The number of aryl methyl sites for hydroxylation is 1. The first-order valence-electron chi connectivity index (χ1n) is 4.86. The van der Waals surface area contributed by atoms with E-state index in [4.69, 9.17) is 25.8 Å². The molecule has 0 aromatic heterocycles. The second-order valence-electron chi connectivity index (χ2n) is 3.98. The molecular formula is C11H11ClO3. The molecule has 0 amide bonds. The molecule has 0 bridgehead atoms. The molecule has 2 aliphatic rings. The summed E-state index contributed by atoms with van der Waals surface area (Å²) >= 11 is 6.42. The standard InChI is InChI=1S/C11H11ClO3/c1-7-2-9-10(15-6-14-9)3-8(7)11(12)4-13-5-11/h2-3H,4-6H2,1H3. The molecule has 3 nitrogen and oxygen atoms in total. The van der Waals surface area contributed by atoms with E-state index >= 15 is 0 Å². The van der Waals surface area contributed by atoms with Crippen LogP contribution in [-0.4, -0.2) is 20.0 Å². The summed E-state index contributed by atoms with van der Waals surface area (Å²) in [7, 11) is 0. The Morgan fingerprint density at radius 2 is 1.87 bits per heavy atom. The van der Waals surface area contributed by atoms with E-state index in [1.165, 1.54) is 0 Å². The highest BCUT2D eigenvalue weighted by Crippen LogP contribution is 2.43. The van der Waals surface area contributed by atoms with E-state index in [2.05, 4.69) is 0 Å². The quantitative estimate of drug-likeness (QED) is 0.687. The van der Waals surface area contributed by atoms with Gasteiger partial charge in [0.1, 0.15) is 4.87 Å². The molecule has 3 rings (SSSR count). The predicted molar refractivity (Wildman–Crippen MR) is 55.7 cm³/mol. The van der Waals surface area contributed by atoms with Crippen molar-refractivity contribution in [2.24, 2.45) is 0 Å². The lowest BCUT2D eigenvalue weighted by Gasteiger charge is -2.37. The lowest BCUT2D eigenvalue weighted by atomic mass is 9.92. The Balaban J connectivity index is 2.08. The minimum Gasteiger partial charge on any atom is -0.454 e. The molecule has 0 atom stereocenters. The number of hydrogen-bond donors (Lipinski definition) is 0. The van der Waals surface area contributed by atoms with E-state index in [0.717, 1.165) is 22.6 Å². The summed E-state index contributed by atoms with van der Waals surface area (Å²) in [6, 6.07) is 3.94. The lowest BCUT2D eigenvalue weighted by Crippen LogP contribution is -2.42. The van der Waals surface area contributed by atoms with Gasteiger partial charge >= 0.3 is 0 Å². The van der Waals surface area contributed by atoms with Gasteiger partial charge in [0.05, 0.1) is 13.2 Å². The van der Waals surface area contributed by atoms with E-state index in [1.807, 2.05) is 19.1 Å². The van der Waals surface area contributed by atoms with Crippen molar-refractivity contribution in [1.82, 2.24) is 0 Å². The van der Waals surface area contributed by atoms with Gasteiger partial charge in [-0.15, -0.1) is 11.6 Å². The second kappa shape index (κ2) is 3.03. The molecule has 0 spiro atoms. The molecule has 0 aliphatic carbocycles. The molecule has 2 aliphatic heterocycles. The molecule has 1 aromatic rings. The highest BCUT2D eigenvalue weighted by Gasteiger charge is 2.40. The van der Waals surface area contributed by atoms with Crippen molar-refractivity contribution in [2.45, 2.75) is 11.8 Å². The van der Waals surface area contributed by atoms with Gasteiger partial charge in [0.25, 0.3) is 0 Å². The maximum absolute atomic E-state index is 6.42. The first kappa shape index (κ1) is 9.31. The van der Waals surface area contributed by atoms with Crippen LogP contribution in [0.2, 0.25) is 0 Å². The van der Waals surface area contributed by atoms with Gasteiger partial charge in [-0.3, -0.25) is 0 Å². The van der Waals surface area contributed by atoms with Crippen LogP contribution in [0.15, 0.2) is 12.1 Å². The summed E-state index contributed by atoms with van der Waals surface area (Å²) in [6.07, 6.45) is 0. The third kappa shape index (κ3) is 1.30. The Kier molecular flexibility index (Phi) is 1.88. The largest absolute Gasteiger partial charge is 0.454 e. The summed E-state index contributed by atoms with van der Waals surface area (Å²) in [5.41, 5.74) is 2.21. The van der Waals surface area contributed by atoms with Crippen molar-refractivity contribution < 1.29 is 14.2 Å². The number of benzene rings is 1. The third-order valence-electron chi connectivity index (χ3n) is 2.86. The number of hydrogen-bond acceptors (Lipinski definition) is 3. The zero-order valence-corrected chi connectivity index (χ0v) is 9.13. The average molecular weight is 227 g/mol. The molecule has 80 valence electrons. The predicted octanol–water partition coefficient (Wildman–Crippen LogP) is 2.19. The van der Waals surface area contributed by atoms with Crippen LogP contribution >= 0.6 is 11.6 Å². The Hall–Kier alpha value is -0.930. The molecule has 4 heteroatoms. The van der Waals surface area contributed by atoms with Crippen molar-refractivity contribution in [1.29, 1.82) is 0 Å². The van der Waals surface area contributed by atoms with Crippen LogP contribution in [0.1, 0.15) is 11.1 Å². The summed E-state index contributed by atoms with van der Waals surface area (Å²) < 4.78 is 15.8. The third-order valence-corrected chi connectivity index (χ3v) is 3.29. The minimum absolute atomic E-state index is 0.296. The number of ether oxygens (including phenoxy) is 3. The van der Waals surface area contributed by atoms with Gasteiger partial charge in [-0.2, -0.15) is 0 Å². The first-order valence-corrected chi connectivity index (χ1v) is 5.24. The molecule has 1 aromatic carbocycles. The first-order chi connectivity index (χ1) is 7.19. The fraction of sp³-hybridized carbons (Fsp3) is 0.455. The smallest absolute Gasteiger partial charge is 0.231 e. The molecule has 1 saturated heterocycles. The summed E-state index contributed by atoms with van der Waals surface area (Å²) in [4.78, 5) is -0.370. The van der Waals surface area contributed by atoms with Gasteiger partial charge in [-0.1, -0.05) is 0 Å². The van der Waals surface area contributed by atoms with Gasteiger partial charge in [-0.25, -0.2) is 0 Å². The van der Waals surface area contributed by atoms with Crippen molar-refractivity contribution in [3.05, 3.63) is 23.3 Å². The van der Waals surface area contributed by atoms with Crippen LogP contribution in [-0.2, 0) is 9.61 Å². The van der Waals surface area contributed by atoms with Gasteiger partial charge in [0.15, 0.2) is 11.5 Å². The average Bonchev–Trinajstić information content (AvgIpc) is 2.60.